The molecule has 1 saturated carbocycles. The zero-order valence-electron chi connectivity index (χ0n) is 18.8. The Labute approximate surface area is 197 Å². The van der Waals surface area contributed by atoms with Crippen LogP contribution in [-0.4, -0.2) is 54.6 Å². The number of hydrogen-bond donors (Lipinski definition) is 0. The molecule has 2 aromatic carbocycles. The topological polar surface area (TPSA) is 103 Å². The molecule has 3 atom stereocenters. The molecule has 3 fully saturated rings. The zero-order chi connectivity index (χ0) is 24.3. The molecule has 2 aliphatic heterocycles. The minimum absolute atomic E-state index is 0.0318. The molecule has 2 bridgehead atoms. The molecule has 2 unspecified atom stereocenters. The largest absolute Gasteiger partial charge is 0.468 e. The maximum absolute atomic E-state index is 14.0. The maximum Gasteiger partial charge on any atom is 0.320 e. The number of carbonyl (C=O) groups excluding carboxylic acids is 3. The van der Waals surface area contributed by atoms with Gasteiger partial charge in [0.2, 0.25) is 5.91 Å². The van der Waals surface area contributed by atoms with Gasteiger partial charge in [-0.3, -0.25) is 14.4 Å². The van der Waals surface area contributed by atoms with Crippen molar-refractivity contribution < 1.29 is 27.5 Å². The standard InChI is InChI=1S/C25H24N2O6S/c1-16(28)26-15-18-14-25(24(30)33-2,22(26)13-21(18)29)23-12-17-8-6-7-11-20(17)27(23)34(31,32)19-9-4-3-5-10-19/h3-12,18,22H,13-15H2,1-2H3/t18?,22?,25-/m1/s1. The number of hydrogen-bond acceptors (Lipinski definition) is 6. The Morgan fingerprint density at radius 3 is 2.38 bits per heavy atom. The van der Waals surface area contributed by atoms with Crippen LogP contribution in [0, 0.1) is 5.92 Å². The summed E-state index contributed by atoms with van der Waals surface area (Å²) in [4.78, 5) is 40.4. The number of ketones is 1. The third kappa shape index (κ3) is 3.03. The minimum atomic E-state index is -4.13. The first kappa shape index (κ1) is 22.3. The lowest BCUT2D eigenvalue weighted by molar-refractivity contribution is -0.165. The minimum Gasteiger partial charge on any atom is -0.468 e. The Kier molecular flexibility index (Phi) is 5.12. The summed E-state index contributed by atoms with van der Waals surface area (Å²) in [5, 5.41) is 0.627. The fourth-order valence-corrected chi connectivity index (χ4v) is 7.22. The van der Waals surface area contributed by atoms with Gasteiger partial charge in [0.25, 0.3) is 10.0 Å². The normalized spacial score (nSPS) is 24.4. The number of methoxy groups -OCH3 is 1. The first-order chi connectivity index (χ1) is 16.2. The predicted molar refractivity (Wildman–Crippen MR) is 124 cm³/mol. The summed E-state index contributed by atoms with van der Waals surface area (Å²) in [6.45, 7) is 1.60. The van der Waals surface area contributed by atoms with E-state index in [-0.39, 0.29) is 41.7 Å². The van der Waals surface area contributed by atoms with Crippen LogP contribution in [0.25, 0.3) is 10.9 Å². The van der Waals surface area contributed by atoms with E-state index in [0.29, 0.717) is 10.9 Å². The van der Waals surface area contributed by atoms with Crippen LogP contribution in [0.5, 0.6) is 0 Å². The number of aromatic nitrogens is 1. The van der Waals surface area contributed by atoms with Crippen LogP contribution in [0.2, 0.25) is 0 Å². The molecule has 34 heavy (non-hydrogen) atoms. The number of rotatable bonds is 4. The quantitative estimate of drug-likeness (QED) is 0.532. The summed E-state index contributed by atoms with van der Waals surface area (Å²) in [5.74, 6) is -1.55. The SMILES string of the molecule is COC(=O)[C@]1(c2cc3ccccc3n2S(=O)(=O)c2ccccc2)CC2CN(C(C)=O)C1CC2=O. The lowest BCUT2D eigenvalue weighted by Crippen LogP contribution is -2.68. The molecule has 1 aromatic heterocycles. The van der Waals surface area contributed by atoms with Crippen LogP contribution in [0.1, 0.15) is 25.5 Å². The van der Waals surface area contributed by atoms with Crippen molar-refractivity contribution in [1.29, 1.82) is 0 Å². The summed E-state index contributed by atoms with van der Waals surface area (Å²) in [7, 11) is -2.89. The highest BCUT2D eigenvalue weighted by molar-refractivity contribution is 7.90. The maximum atomic E-state index is 14.0. The van der Waals surface area contributed by atoms with Crippen molar-refractivity contribution in [2.45, 2.75) is 36.1 Å². The van der Waals surface area contributed by atoms with Crippen LogP contribution < -0.4 is 0 Å². The summed E-state index contributed by atoms with van der Waals surface area (Å²) >= 11 is 0. The fourth-order valence-electron chi connectivity index (χ4n) is 5.60. The Hall–Kier alpha value is -3.46. The van der Waals surface area contributed by atoms with Gasteiger partial charge >= 0.3 is 5.97 Å². The van der Waals surface area contributed by atoms with E-state index >= 15 is 0 Å². The molecule has 1 aliphatic carbocycles. The van der Waals surface area contributed by atoms with E-state index < -0.39 is 33.4 Å². The molecule has 3 aliphatic rings. The monoisotopic (exact) mass is 480 g/mol. The fraction of sp³-hybridized carbons (Fsp3) is 0.320. The van der Waals surface area contributed by atoms with Crippen LogP contribution in [0.3, 0.4) is 0 Å². The highest BCUT2D eigenvalue weighted by atomic mass is 32.2. The van der Waals surface area contributed by atoms with E-state index in [4.69, 9.17) is 4.74 Å². The molecular formula is C25H24N2O6S. The number of nitrogens with zero attached hydrogens (tertiary/aromatic N) is 2. The Morgan fingerprint density at radius 2 is 1.74 bits per heavy atom. The number of esters is 1. The lowest BCUT2D eigenvalue weighted by atomic mass is 9.60. The zero-order valence-corrected chi connectivity index (χ0v) is 19.6. The van der Waals surface area contributed by atoms with Crippen molar-refractivity contribution in [2.24, 2.45) is 5.92 Å². The average Bonchev–Trinajstić information content (AvgIpc) is 3.25. The second-order valence-electron chi connectivity index (χ2n) is 8.89. The molecule has 8 nitrogen and oxygen atoms in total. The van der Waals surface area contributed by atoms with Crippen molar-refractivity contribution >= 4 is 38.6 Å². The van der Waals surface area contributed by atoms with E-state index in [1.165, 1.54) is 35.0 Å². The number of amides is 1. The van der Waals surface area contributed by atoms with Gasteiger partial charge in [-0.2, -0.15) is 0 Å². The molecule has 0 N–H and O–H groups in total. The summed E-state index contributed by atoms with van der Waals surface area (Å²) in [6.07, 6.45) is 0.0415. The molecule has 2 saturated heterocycles. The van der Waals surface area contributed by atoms with Gasteiger partial charge in [0, 0.05) is 31.2 Å². The van der Waals surface area contributed by atoms with Gasteiger partial charge < -0.3 is 9.64 Å². The third-order valence-electron chi connectivity index (χ3n) is 7.14. The van der Waals surface area contributed by atoms with Crippen molar-refractivity contribution in [2.75, 3.05) is 13.7 Å². The number of benzene rings is 2. The van der Waals surface area contributed by atoms with Crippen LogP contribution in [0.4, 0.5) is 0 Å². The second-order valence-corrected chi connectivity index (χ2v) is 10.7. The molecule has 1 amide bonds. The van der Waals surface area contributed by atoms with Gasteiger partial charge in [-0.25, -0.2) is 12.4 Å². The number of para-hydroxylation sites is 1. The van der Waals surface area contributed by atoms with E-state index in [1.54, 1.807) is 48.5 Å². The first-order valence-electron chi connectivity index (χ1n) is 11.0. The molecule has 6 rings (SSSR count). The molecular weight excluding hydrogens is 456 g/mol. The van der Waals surface area contributed by atoms with Crippen molar-refractivity contribution in [1.82, 2.24) is 8.87 Å². The third-order valence-corrected chi connectivity index (χ3v) is 8.88. The van der Waals surface area contributed by atoms with E-state index in [1.807, 2.05) is 0 Å². The molecule has 0 spiro atoms. The Balaban J connectivity index is 1.86. The van der Waals surface area contributed by atoms with Crippen LogP contribution >= 0.6 is 0 Å². The molecule has 9 heteroatoms. The van der Waals surface area contributed by atoms with Gasteiger partial charge in [0.15, 0.2) is 0 Å². The number of Topliss-reactive ketones (excluding diaryl/α,β-unsaturated/α-hetero) is 1. The van der Waals surface area contributed by atoms with Gasteiger partial charge in [0.1, 0.15) is 11.2 Å². The smallest absolute Gasteiger partial charge is 0.320 e. The van der Waals surface area contributed by atoms with E-state index in [2.05, 4.69) is 0 Å². The lowest BCUT2D eigenvalue weighted by Gasteiger charge is -2.54. The van der Waals surface area contributed by atoms with Crippen molar-refractivity contribution in [3.63, 3.8) is 0 Å². The highest BCUT2D eigenvalue weighted by Crippen LogP contribution is 2.50. The van der Waals surface area contributed by atoms with Gasteiger partial charge in [-0.15, -0.1) is 0 Å². The average molecular weight is 481 g/mol. The highest BCUT2D eigenvalue weighted by Gasteiger charge is 2.62. The summed E-state index contributed by atoms with van der Waals surface area (Å²) in [6, 6.07) is 15.8. The van der Waals surface area contributed by atoms with Crippen LogP contribution in [-0.2, 0) is 34.6 Å². The number of piperidine rings is 2. The van der Waals surface area contributed by atoms with E-state index in [0.717, 1.165) is 0 Å². The number of carbonyl (C=O) groups is 3. The number of ether oxygens (including phenoxy) is 1. The molecule has 3 heterocycles. The van der Waals surface area contributed by atoms with Gasteiger partial charge in [-0.1, -0.05) is 36.4 Å². The van der Waals surface area contributed by atoms with Crippen LogP contribution in [0.15, 0.2) is 65.6 Å². The predicted octanol–water partition coefficient (Wildman–Crippen LogP) is 2.50. The first-order valence-corrected chi connectivity index (χ1v) is 12.5. The summed E-state index contributed by atoms with van der Waals surface area (Å²) in [5.41, 5.74) is -0.900. The molecule has 176 valence electrons. The Morgan fingerprint density at radius 1 is 1.06 bits per heavy atom. The van der Waals surface area contributed by atoms with E-state index in [9.17, 15) is 22.8 Å². The summed E-state index contributed by atoms with van der Waals surface area (Å²) < 4.78 is 34.4. The van der Waals surface area contributed by atoms with Crippen molar-refractivity contribution in [3.8, 4) is 0 Å². The van der Waals surface area contributed by atoms with Gasteiger partial charge in [-0.05, 0) is 30.7 Å². The Bertz CT molecular complexity index is 1430. The van der Waals surface area contributed by atoms with Gasteiger partial charge in [0.05, 0.1) is 29.3 Å². The molecule has 0 radical (unpaired) electrons. The second kappa shape index (κ2) is 7.80. The van der Waals surface area contributed by atoms with Crippen molar-refractivity contribution in [3.05, 3.63) is 66.4 Å². The molecule has 3 aromatic rings. The number of fused-ring (bicyclic) bond motifs is 4.